The number of hydrogen-bond acceptors (Lipinski definition) is 9. The van der Waals surface area contributed by atoms with Gasteiger partial charge in [0.2, 0.25) is 17.8 Å². The second kappa shape index (κ2) is 11.8. The highest BCUT2D eigenvalue weighted by atomic mass is 16.6. The lowest BCUT2D eigenvalue weighted by Gasteiger charge is -2.10. The molecular weight excluding hydrogens is 456 g/mol. The molecule has 0 aliphatic heterocycles. The van der Waals surface area contributed by atoms with Crippen LogP contribution in [0.2, 0.25) is 0 Å². The molecule has 180 valence electrons. The summed E-state index contributed by atoms with van der Waals surface area (Å²) in [5.41, 5.74) is 6.52. The third-order valence-electron chi connectivity index (χ3n) is 4.89. The Hall–Kier alpha value is -5.12. The number of benzene rings is 3. The van der Waals surface area contributed by atoms with Crippen molar-refractivity contribution in [1.82, 2.24) is 15.0 Å². The van der Waals surface area contributed by atoms with Crippen molar-refractivity contribution in [3.8, 4) is 0 Å². The van der Waals surface area contributed by atoms with Gasteiger partial charge in [-0.15, -0.1) is 0 Å². The van der Waals surface area contributed by atoms with E-state index in [-0.39, 0.29) is 17.6 Å². The van der Waals surface area contributed by atoms with Gasteiger partial charge in [-0.3, -0.25) is 10.1 Å². The third kappa shape index (κ3) is 7.19. The van der Waals surface area contributed by atoms with Gasteiger partial charge in [0.05, 0.1) is 11.1 Å². The van der Waals surface area contributed by atoms with E-state index in [4.69, 9.17) is 0 Å². The highest BCUT2D eigenvalue weighted by molar-refractivity contribution is 5.85. The van der Waals surface area contributed by atoms with E-state index in [2.05, 4.69) is 36.1 Å². The van der Waals surface area contributed by atoms with Crippen LogP contribution in [0.15, 0.2) is 95.6 Å². The van der Waals surface area contributed by atoms with Crippen LogP contribution in [0.5, 0.6) is 0 Å². The quantitative estimate of drug-likeness (QED) is 0.151. The number of non-ortho nitro benzene ring substituents is 1. The Morgan fingerprint density at radius 1 is 0.889 bits per heavy atom. The number of allylic oxidation sites excluding steroid dienone is 1. The molecule has 0 spiro atoms. The lowest BCUT2D eigenvalue weighted by atomic mass is 10.1. The zero-order valence-corrected chi connectivity index (χ0v) is 19.5. The van der Waals surface area contributed by atoms with Crippen LogP contribution in [0.4, 0.5) is 29.2 Å². The number of anilines is 4. The van der Waals surface area contributed by atoms with Crippen LogP contribution >= 0.6 is 0 Å². The molecule has 10 nitrogen and oxygen atoms in total. The van der Waals surface area contributed by atoms with Crippen molar-refractivity contribution in [2.75, 3.05) is 16.1 Å². The van der Waals surface area contributed by atoms with Crippen LogP contribution < -0.4 is 16.1 Å². The number of nitro benzene ring substituents is 1. The zero-order chi connectivity index (χ0) is 25.2. The van der Waals surface area contributed by atoms with Crippen molar-refractivity contribution in [3.05, 3.63) is 112 Å². The molecule has 0 aliphatic rings. The summed E-state index contributed by atoms with van der Waals surface area (Å²) in [6.07, 6.45) is 3.68. The molecule has 0 saturated heterocycles. The fourth-order valence-corrected chi connectivity index (χ4v) is 3.17. The van der Waals surface area contributed by atoms with Gasteiger partial charge in [-0.2, -0.15) is 20.1 Å². The molecule has 0 atom stereocenters. The first-order chi connectivity index (χ1) is 17.5. The van der Waals surface area contributed by atoms with Crippen molar-refractivity contribution in [3.63, 3.8) is 0 Å². The molecule has 1 heterocycles. The molecule has 0 unspecified atom stereocenters. The molecule has 0 radical (unpaired) electrons. The Morgan fingerprint density at radius 2 is 1.53 bits per heavy atom. The minimum absolute atomic E-state index is 0.00275. The highest BCUT2D eigenvalue weighted by Gasteiger charge is 2.09. The Kier molecular flexibility index (Phi) is 7.90. The lowest BCUT2D eigenvalue weighted by molar-refractivity contribution is -0.384. The van der Waals surface area contributed by atoms with Crippen molar-refractivity contribution in [2.24, 2.45) is 5.10 Å². The highest BCUT2D eigenvalue weighted by Crippen LogP contribution is 2.20. The number of aromatic nitrogens is 3. The normalized spacial score (nSPS) is 11.3. The summed E-state index contributed by atoms with van der Waals surface area (Å²) in [5.74, 6) is 0.824. The fraction of sp³-hybridized carbons (Fsp3) is 0.0769. The first-order valence-electron chi connectivity index (χ1n) is 11.1. The maximum Gasteiger partial charge on any atom is 0.269 e. The summed E-state index contributed by atoms with van der Waals surface area (Å²) >= 11 is 0. The predicted octanol–water partition coefficient (Wildman–Crippen LogP) is 5.64. The molecular formula is C26H24N8O2. The van der Waals surface area contributed by atoms with Crippen molar-refractivity contribution >= 4 is 41.5 Å². The Bertz CT molecular complexity index is 1360. The third-order valence-corrected chi connectivity index (χ3v) is 4.89. The average Bonchev–Trinajstić information content (AvgIpc) is 2.89. The molecule has 1 aromatic heterocycles. The molecule has 36 heavy (non-hydrogen) atoms. The standard InChI is InChI=1S/C26H24N8O2/c1-19(16-20-8-4-2-5-9-20)17-28-33-26-31-24(27-18-21-10-6-3-7-11-21)30-25(32-26)29-22-12-14-23(15-13-22)34(35)36/h2-17H,18H2,1H3,(H3,27,29,30,31,32,33)/b19-16-,28-17+. The number of hydrogen-bond donors (Lipinski definition) is 3. The van der Waals surface area contributed by atoms with Crippen molar-refractivity contribution in [1.29, 1.82) is 0 Å². The smallest absolute Gasteiger partial charge is 0.269 e. The minimum Gasteiger partial charge on any atom is -0.350 e. The van der Waals surface area contributed by atoms with E-state index in [1.807, 2.05) is 73.7 Å². The van der Waals surface area contributed by atoms with E-state index in [0.717, 1.165) is 16.7 Å². The average molecular weight is 481 g/mol. The SMILES string of the molecule is CC(=C/c1ccccc1)/C=N/Nc1nc(NCc2ccccc2)nc(Nc2ccc([N+](=O)[O-])cc2)n1. The molecule has 10 heteroatoms. The molecule has 4 aromatic rings. The minimum atomic E-state index is -0.452. The van der Waals surface area contributed by atoms with E-state index in [1.165, 1.54) is 12.1 Å². The summed E-state index contributed by atoms with van der Waals surface area (Å²) < 4.78 is 0. The Balaban J connectivity index is 1.51. The molecule has 0 aliphatic carbocycles. The second-order valence-corrected chi connectivity index (χ2v) is 7.74. The Labute approximate surface area is 208 Å². The van der Waals surface area contributed by atoms with Gasteiger partial charge in [0.15, 0.2) is 0 Å². The summed E-state index contributed by atoms with van der Waals surface area (Å²) in [5, 5.41) is 21.4. The van der Waals surface area contributed by atoms with E-state index in [0.29, 0.717) is 18.2 Å². The zero-order valence-electron chi connectivity index (χ0n) is 19.5. The monoisotopic (exact) mass is 480 g/mol. The van der Waals surface area contributed by atoms with Crippen LogP contribution in [0.25, 0.3) is 6.08 Å². The first kappa shape index (κ1) is 24.0. The Morgan fingerprint density at radius 3 is 2.22 bits per heavy atom. The van der Waals surface area contributed by atoms with Gasteiger partial charge in [0.25, 0.3) is 5.69 Å². The summed E-state index contributed by atoms with van der Waals surface area (Å²) in [6, 6.07) is 25.8. The van der Waals surface area contributed by atoms with Crippen molar-refractivity contribution in [2.45, 2.75) is 13.5 Å². The van der Waals surface area contributed by atoms with E-state index >= 15 is 0 Å². The van der Waals surface area contributed by atoms with Gasteiger partial charge in [0, 0.05) is 24.4 Å². The number of rotatable bonds is 10. The molecule has 4 rings (SSSR count). The van der Waals surface area contributed by atoms with Crippen LogP contribution in [0.1, 0.15) is 18.1 Å². The number of nitrogens with zero attached hydrogens (tertiary/aromatic N) is 5. The topological polar surface area (TPSA) is 130 Å². The number of nitrogens with one attached hydrogen (secondary N) is 3. The molecule has 0 fully saturated rings. The summed E-state index contributed by atoms with van der Waals surface area (Å²) in [4.78, 5) is 23.7. The van der Waals surface area contributed by atoms with Gasteiger partial charge in [0.1, 0.15) is 0 Å². The number of hydrazone groups is 1. The van der Waals surface area contributed by atoms with Crippen LogP contribution in [0.3, 0.4) is 0 Å². The van der Waals surface area contributed by atoms with Gasteiger partial charge >= 0.3 is 0 Å². The molecule has 0 amide bonds. The predicted molar refractivity (Wildman–Crippen MR) is 142 cm³/mol. The van der Waals surface area contributed by atoms with Gasteiger partial charge < -0.3 is 10.6 Å². The molecule has 0 bridgehead atoms. The van der Waals surface area contributed by atoms with E-state index in [1.54, 1.807) is 18.3 Å². The summed E-state index contributed by atoms with van der Waals surface area (Å²) in [6.45, 7) is 2.46. The van der Waals surface area contributed by atoms with E-state index in [9.17, 15) is 10.1 Å². The lowest BCUT2D eigenvalue weighted by Crippen LogP contribution is -2.09. The van der Waals surface area contributed by atoms with Gasteiger partial charge in [-0.05, 0) is 35.8 Å². The molecule has 3 aromatic carbocycles. The largest absolute Gasteiger partial charge is 0.350 e. The van der Waals surface area contributed by atoms with E-state index < -0.39 is 4.92 Å². The number of nitro groups is 1. The summed E-state index contributed by atoms with van der Waals surface area (Å²) in [7, 11) is 0. The first-order valence-corrected chi connectivity index (χ1v) is 11.1. The molecule has 0 saturated carbocycles. The maximum atomic E-state index is 10.9. The van der Waals surface area contributed by atoms with Crippen LogP contribution in [0, 0.1) is 10.1 Å². The second-order valence-electron chi connectivity index (χ2n) is 7.74. The van der Waals surface area contributed by atoms with Gasteiger partial charge in [-0.1, -0.05) is 66.7 Å². The van der Waals surface area contributed by atoms with Crippen molar-refractivity contribution < 1.29 is 4.92 Å². The molecule has 3 N–H and O–H groups in total. The van der Waals surface area contributed by atoms with Crippen LogP contribution in [-0.2, 0) is 6.54 Å². The van der Waals surface area contributed by atoms with Crippen LogP contribution in [-0.4, -0.2) is 26.1 Å². The maximum absolute atomic E-state index is 10.9. The van der Waals surface area contributed by atoms with Gasteiger partial charge in [-0.25, -0.2) is 5.43 Å². The fourth-order valence-electron chi connectivity index (χ4n) is 3.17.